The lowest BCUT2D eigenvalue weighted by atomic mass is 10.1. The van der Waals surface area contributed by atoms with Gasteiger partial charge in [-0.25, -0.2) is 4.98 Å². The van der Waals surface area contributed by atoms with Gasteiger partial charge in [-0.3, -0.25) is 9.69 Å². The lowest BCUT2D eigenvalue weighted by Crippen LogP contribution is -2.44. The molecule has 0 saturated carbocycles. The molecule has 1 amide bonds. The van der Waals surface area contributed by atoms with E-state index in [2.05, 4.69) is 33.6 Å². The Labute approximate surface area is 191 Å². The Morgan fingerprint density at radius 2 is 1.97 bits per heavy atom. The van der Waals surface area contributed by atoms with Crippen molar-refractivity contribution in [3.63, 3.8) is 0 Å². The predicted octanol–water partition coefficient (Wildman–Crippen LogP) is 5.25. The number of nitrogens with zero attached hydrogens (tertiary/aromatic N) is 2. The Bertz CT molecular complexity index is 1210. The fourth-order valence-corrected chi connectivity index (χ4v) is 5.00. The number of nitrogens with one attached hydrogen (secondary N) is 1. The number of aromatic nitrogens is 1. The molecule has 1 unspecified atom stereocenters. The first-order valence-corrected chi connectivity index (χ1v) is 11.7. The van der Waals surface area contributed by atoms with Gasteiger partial charge >= 0.3 is 0 Å². The minimum atomic E-state index is -0.111. The second kappa shape index (κ2) is 9.10. The van der Waals surface area contributed by atoms with E-state index in [1.807, 2.05) is 65.9 Å². The molecule has 0 aliphatic carbocycles. The van der Waals surface area contributed by atoms with E-state index < -0.39 is 0 Å². The second-order valence-corrected chi connectivity index (χ2v) is 9.09. The van der Waals surface area contributed by atoms with Crippen molar-refractivity contribution in [3.05, 3.63) is 88.2 Å². The average molecular weight is 444 g/mol. The number of benzene rings is 2. The molecule has 1 atom stereocenters. The predicted molar refractivity (Wildman–Crippen MR) is 128 cm³/mol. The molecule has 3 heterocycles. The summed E-state index contributed by atoms with van der Waals surface area (Å²) in [6.45, 7) is 4.74. The fourth-order valence-electron chi connectivity index (χ4n) is 4.11. The van der Waals surface area contributed by atoms with Gasteiger partial charge in [0.15, 0.2) is 5.76 Å². The number of carbonyl (C=O) groups is 1. The number of fused-ring (bicyclic) bond motifs is 1. The van der Waals surface area contributed by atoms with Gasteiger partial charge in [-0.2, -0.15) is 0 Å². The molecule has 162 valence electrons. The van der Waals surface area contributed by atoms with E-state index in [0.29, 0.717) is 29.3 Å². The smallest absolute Gasteiger partial charge is 0.252 e. The quantitative estimate of drug-likeness (QED) is 0.442. The first-order valence-electron chi connectivity index (χ1n) is 10.9. The highest BCUT2D eigenvalue weighted by Crippen LogP contribution is 2.28. The standard InChI is InChI=1S/C26H25N3O2S/c1-18(29-13-11-24-20(17-29)12-14-32-24)15-27-25(30)21-9-5-6-10-22(21)26-28-16-23(31-26)19-7-3-2-4-8-19/h2-10,12,14,16,18H,11,13,15,17H2,1H3,(H,27,30). The molecule has 1 aliphatic rings. The largest absolute Gasteiger partial charge is 0.436 e. The van der Waals surface area contributed by atoms with E-state index in [1.54, 1.807) is 6.20 Å². The van der Waals surface area contributed by atoms with Crippen LogP contribution in [0.5, 0.6) is 0 Å². The summed E-state index contributed by atoms with van der Waals surface area (Å²) in [7, 11) is 0. The third-order valence-corrected chi connectivity index (χ3v) is 7.01. The molecular formula is C26H25N3O2S. The summed E-state index contributed by atoms with van der Waals surface area (Å²) in [6, 6.07) is 19.8. The zero-order chi connectivity index (χ0) is 21.9. The van der Waals surface area contributed by atoms with Crippen molar-refractivity contribution >= 4 is 17.2 Å². The van der Waals surface area contributed by atoms with E-state index in [1.165, 1.54) is 10.4 Å². The SMILES string of the molecule is CC(CNC(=O)c1ccccc1-c1ncc(-c2ccccc2)o1)N1CCc2sccc2C1. The number of hydrogen-bond donors (Lipinski definition) is 1. The van der Waals surface area contributed by atoms with Crippen molar-refractivity contribution in [2.75, 3.05) is 13.1 Å². The molecule has 0 fully saturated rings. The van der Waals surface area contributed by atoms with Crippen molar-refractivity contribution < 1.29 is 9.21 Å². The van der Waals surface area contributed by atoms with Crippen LogP contribution in [0.1, 0.15) is 27.7 Å². The summed E-state index contributed by atoms with van der Waals surface area (Å²) in [4.78, 5) is 21.4. The van der Waals surface area contributed by atoms with Crippen LogP contribution in [-0.4, -0.2) is 34.9 Å². The van der Waals surface area contributed by atoms with Crippen molar-refractivity contribution in [2.24, 2.45) is 0 Å². The Morgan fingerprint density at radius 3 is 2.84 bits per heavy atom. The Kier molecular flexibility index (Phi) is 5.88. The highest BCUT2D eigenvalue weighted by molar-refractivity contribution is 7.10. The Hall–Kier alpha value is -3.22. The van der Waals surface area contributed by atoms with E-state index in [0.717, 1.165) is 25.1 Å². The Morgan fingerprint density at radius 1 is 1.16 bits per heavy atom. The van der Waals surface area contributed by atoms with Crippen molar-refractivity contribution in [1.29, 1.82) is 0 Å². The van der Waals surface area contributed by atoms with Crippen molar-refractivity contribution in [3.8, 4) is 22.8 Å². The average Bonchev–Trinajstić information content (AvgIpc) is 3.52. The van der Waals surface area contributed by atoms with E-state index in [9.17, 15) is 4.79 Å². The maximum absolute atomic E-state index is 13.1. The first kappa shape index (κ1) is 20.7. The Balaban J connectivity index is 1.28. The van der Waals surface area contributed by atoms with Crippen LogP contribution in [0.4, 0.5) is 0 Å². The second-order valence-electron chi connectivity index (χ2n) is 8.09. The van der Waals surface area contributed by atoms with Gasteiger partial charge in [0.2, 0.25) is 5.89 Å². The van der Waals surface area contributed by atoms with Crippen LogP contribution < -0.4 is 5.32 Å². The molecule has 0 bridgehead atoms. The van der Waals surface area contributed by atoms with E-state index in [-0.39, 0.29) is 11.9 Å². The third-order valence-electron chi connectivity index (χ3n) is 5.98. The van der Waals surface area contributed by atoms with Crippen LogP contribution in [0.25, 0.3) is 22.8 Å². The van der Waals surface area contributed by atoms with Gasteiger partial charge in [0.25, 0.3) is 5.91 Å². The summed E-state index contributed by atoms with van der Waals surface area (Å²) >= 11 is 1.84. The van der Waals surface area contributed by atoms with Gasteiger partial charge in [0.1, 0.15) is 0 Å². The molecule has 5 nitrogen and oxygen atoms in total. The lowest BCUT2D eigenvalue weighted by Gasteiger charge is -2.32. The summed E-state index contributed by atoms with van der Waals surface area (Å²) < 4.78 is 5.99. The third kappa shape index (κ3) is 4.24. The van der Waals surface area contributed by atoms with Crippen LogP contribution >= 0.6 is 11.3 Å². The molecule has 4 aromatic rings. The summed E-state index contributed by atoms with van der Waals surface area (Å²) in [5.41, 5.74) is 3.64. The molecule has 0 radical (unpaired) electrons. The molecule has 0 saturated heterocycles. The van der Waals surface area contributed by atoms with Crippen LogP contribution in [0.15, 0.2) is 76.7 Å². The van der Waals surface area contributed by atoms with Gasteiger partial charge in [-0.05, 0) is 42.5 Å². The summed E-state index contributed by atoms with van der Waals surface area (Å²) in [6.07, 6.45) is 2.79. The molecule has 2 aromatic heterocycles. The van der Waals surface area contributed by atoms with Crippen LogP contribution in [0, 0.1) is 0 Å². The van der Waals surface area contributed by atoms with Crippen LogP contribution in [0.2, 0.25) is 0 Å². The van der Waals surface area contributed by atoms with Gasteiger partial charge in [-0.1, -0.05) is 42.5 Å². The molecular weight excluding hydrogens is 418 g/mol. The van der Waals surface area contributed by atoms with Crippen LogP contribution in [0.3, 0.4) is 0 Å². The molecule has 1 aliphatic heterocycles. The number of oxazole rings is 1. The van der Waals surface area contributed by atoms with Crippen molar-refractivity contribution in [2.45, 2.75) is 25.9 Å². The molecule has 32 heavy (non-hydrogen) atoms. The van der Waals surface area contributed by atoms with Gasteiger partial charge in [0.05, 0.1) is 11.8 Å². The number of rotatable bonds is 6. The zero-order valence-electron chi connectivity index (χ0n) is 18.0. The summed E-state index contributed by atoms with van der Waals surface area (Å²) in [5.74, 6) is 1.02. The zero-order valence-corrected chi connectivity index (χ0v) is 18.8. The van der Waals surface area contributed by atoms with E-state index >= 15 is 0 Å². The number of carbonyl (C=O) groups excluding carboxylic acids is 1. The minimum Gasteiger partial charge on any atom is -0.436 e. The monoisotopic (exact) mass is 443 g/mol. The number of hydrogen-bond acceptors (Lipinski definition) is 5. The summed E-state index contributed by atoms with van der Waals surface area (Å²) in [5, 5.41) is 5.29. The molecule has 6 heteroatoms. The number of thiophene rings is 1. The normalized spacial score (nSPS) is 14.7. The molecule has 0 spiro atoms. The topological polar surface area (TPSA) is 58.4 Å². The lowest BCUT2D eigenvalue weighted by molar-refractivity contribution is 0.0933. The van der Waals surface area contributed by atoms with E-state index in [4.69, 9.17) is 4.42 Å². The highest BCUT2D eigenvalue weighted by Gasteiger charge is 2.23. The van der Waals surface area contributed by atoms with Crippen LogP contribution in [-0.2, 0) is 13.0 Å². The molecule has 5 rings (SSSR count). The fraction of sp³-hybridized carbons (Fsp3) is 0.231. The van der Waals surface area contributed by atoms with Gasteiger partial charge in [0, 0.05) is 41.7 Å². The van der Waals surface area contributed by atoms with Gasteiger partial charge in [-0.15, -0.1) is 11.3 Å². The first-order chi connectivity index (χ1) is 15.7. The molecule has 1 N–H and O–H groups in total. The maximum atomic E-state index is 13.1. The maximum Gasteiger partial charge on any atom is 0.252 e. The van der Waals surface area contributed by atoms with Gasteiger partial charge < -0.3 is 9.73 Å². The molecule has 2 aromatic carbocycles. The number of amides is 1. The van der Waals surface area contributed by atoms with Crippen molar-refractivity contribution in [1.82, 2.24) is 15.2 Å². The minimum absolute atomic E-state index is 0.111. The highest BCUT2D eigenvalue weighted by atomic mass is 32.1.